The van der Waals surface area contributed by atoms with E-state index in [9.17, 15) is 14.4 Å². The number of carbonyl (C=O) groups excluding carboxylic acids is 1. The molecule has 0 fully saturated rings. The van der Waals surface area contributed by atoms with Crippen molar-refractivity contribution in [1.29, 1.82) is 0 Å². The number of rotatable bonds is 4. The summed E-state index contributed by atoms with van der Waals surface area (Å²) in [7, 11) is 0. The van der Waals surface area contributed by atoms with Gasteiger partial charge in [-0.25, -0.2) is 14.8 Å². The number of amides is 1. The van der Waals surface area contributed by atoms with Gasteiger partial charge < -0.3 is 0 Å². The molecular formula is C21H19N5O3S. The standard InChI is InChI=1S/C21H19N5O3S/c1-4-26-17-15(19(28)25-21(26)29)8-14(9-22-17)18(27)24-20-23-16(10-30-20)13-6-5-11(2)12(3)7-13/h5-10H,4H2,1-3H3,(H,23,24,27)(H,25,28,29). The second-order valence-corrected chi connectivity index (χ2v) is 7.75. The van der Waals surface area contributed by atoms with Crippen molar-refractivity contribution in [2.75, 3.05) is 5.32 Å². The molecule has 2 N–H and O–H groups in total. The number of aromatic nitrogens is 4. The Morgan fingerprint density at radius 2 is 2.00 bits per heavy atom. The summed E-state index contributed by atoms with van der Waals surface area (Å²) in [6, 6.07) is 7.52. The van der Waals surface area contributed by atoms with Crippen LogP contribution in [-0.2, 0) is 6.54 Å². The Morgan fingerprint density at radius 3 is 2.73 bits per heavy atom. The van der Waals surface area contributed by atoms with Gasteiger partial charge in [0, 0.05) is 23.7 Å². The minimum atomic E-state index is -0.576. The normalized spacial score (nSPS) is 11.0. The van der Waals surface area contributed by atoms with Gasteiger partial charge >= 0.3 is 5.69 Å². The van der Waals surface area contributed by atoms with Crippen molar-refractivity contribution in [1.82, 2.24) is 19.5 Å². The minimum absolute atomic E-state index is 0.180. The number of pyridine rings is 1. The third-order valence-electron chi connectivity index (χ3n) is 4.94. The first kappa shape index (κ1) is 19.7. The number of aryl methyl sites for hydroxylation is 3. The molecule has 3 heterocycles. The van der Waals surface area contributed by atoms with E-state index in [2.05, 4.69) is 26.3 Å². The quantitative estimate of drug-likeness (QED) is 0.526. The Kier molecular flexibility index (Phi) is 5.04. The van der Waals surface area contributed by atoms with Crippen LogP contribution in [0.5, 0.6) is 0 Å². The molecule has 9 heteroatoms. The maximum atomic E-state index is 12.7. The fraction of sp³-hybridized carbons (Fsp3) is 0.190. The predicted octanol–water partition coefficient (Wildman–Crippen LogP) is 3.10. The number of anilines is 1. The second-order valence-electron chi connectivity index (χ2n) is 6.89. The molecule has 0 aliphatic heterocycles. The monoisotopic (exact) mass is 421 g/mol. The fourth-order valence-corrected chi connectivity index (χ4v) is 3.83. The summed E-state index contributed by atoms with van der Waals surface area (Å²) >= 11 is 1.32. The summed E-state index contributed by atoms with van der Waals surface area (Å²) in [6.07, 6.45) is 1.35. The first-order chi connectivity index (χ1) is 14.4. The van der Waals surface area contributed by atoms with Gasteiger partial charge in [0.2, 0.25) is 0 Å². The molecule has 0 saturated heterocycles. The maximum Gasteiger partial charge on any atom is 0.329 e. The summed E-state index contributed by atoms with van der Waals surface area (Å²) in [4.78, 5) is 47.6. The molecule has 30 heavy (non-hydrogen) atoms. The molecule has 0 unspecified atom stereocenters. The van der Waals surface area contributed by atoms with Crippen molar-refractivity contribution in [3.63, 3.8) is 0 Å². The molecule has 0 aliphatic carbocycles. The maximum absolute atomic E-state index is 12.7. The molecule has 0 spiro atoms. The number of hydrogen-bond acceptors (Lipinski definition) is 6. The predicted molar refractivity (Wildman–Crippen MR) is 117 cm³/mol. The summed E-state index contributed by atoms with van der Waals surface area (Å²) in [5.41, 5.74) is 3.48. The van der Waals surface area contributed by atoms with Crippen LogP contribution in [-0.4, -0.2) is 25.4 Å². The highest BCUT2D eigenvalue weighted by Gasteiger charge is 2.14. The Balaban J connectivity index is 1.62. The number of aromatic amines is 1. The van der Waals surface area contributed by atoms with Crippen molar-refractivity contribution in [2.45, 2.75) is 27.3 Å². The number of fused-ring (bicyclic) bond motifs is 1. The molecule has 8 nitrogen and oxygen atoms in total. The van der Waals surface area contributed by atoms with Crippen molar-refractivity contribution >= 4 is 33.4 Å². The number of nitrogens with zero attached hydrogens (tertiary/aromatic N) is 3. The minimum Gasteiger partial charge on any atom is -0.298 e. The van der Waals surface area contributed by atoms with Crippen molar-refractivity contribution in [3.05, 3.63) is 73.4 Å². The van der Waals surface area contributed by atoms with E-state index in [0.717, 1.165) is 11.3 Å². The molecule has 0 radical (unpaired) electrons. The van der Waals surface area contributed by atoms with Gasteiger partial charge in [0.15, 0.2) is 5.13 Å². The van der Waals surface area contributed by atoms with Crippen LogP contribution in [0.4, 0.5) is 5.13 Å². The smallest absolute Gasteiger partial charge is 0.298 e. The molecule has 3 aromatic heterocycles. The zero-order valence-electron chi connectivity index (χ0n) is 16.6. The molecule has 4 rings (SSSR count). The van der Waals surface area contributed by atoms with Crippen LogP contribution in [0.15, 0.2) is 45.4 Å². The van der Waals surface area contributed by atoms with Crippen LogP contribution in [0.25, 0.3) is 22.3 Å². The van der Waals surface area contributed by atoms with E-state index in [1.807, 2.05) is 31.4 Å². The van der Waals surface area contributed by atoms with E-state index in [1.54, 1.807) is 6.92 Å². The lowest BCUT2D eigenvalue weighted by atomic mass is 10.1. The van der Waals surface area contributed by atoms with Gasteiger partial charge in [-0.2, -0.15) is 0 Å². The van der Waals surface area contributed by atoms with Crippen LogP contribution < -0.4 is 16.6 Å². The van der Waals surface area contributed by atoms with Crippen LogP contribution >= 0.6 is 11.3 Å². The Bertz CT molecular complexity index is 1400. The highest BCUT2D eigenvalue weighted by Crippen LogP contribution is 2.26. The lowest BCUT2D eigenvalue weighted by Gasteiger charge is -2.07. The van der Waals surface area contributed by atoms with E-state index in [0.29, 0.717) is 11.7 Å². The molecule has 0 atom stereocenters. The number of H-pyrrole nitrogens is 1. The lowest BCUT2D eigenvalue weighted by molar-refractivity contribution is 0.102. The SMILES string of the molecule is CCn1c(=O)[nH]c(=O)c2cc(C(=O)Nc3nc(-c4ccc(C)c(C)c4)cs3)cnc21. The summed E-state index contributed by atoms with van der Waals surface area (Å²) in [5.74, 6) is -0.431. The lowest BCUT2D eigenvalue weighted by Crippen LogP contribution is -2.30. The molecule has 0 bridgehead atoms. The number of hydrogen-bond donors (Lipinski definition) is 2. The fourth-order valence-electron chi connectivity index (χ4n) is 3.12. The van der Waals surface area contributed by atoms with Crippen molar-refractivity contribution in [3.8, 4) is 11.3 Å². The highest BCUT2D eigenvalue weighted by molar-refractivity contribution is 7.14. The van der Waals surface area contributed by atoms with Gasteiger partial charge in [-0.15, -0.1) is 11.3 Å². The number of thiazole rings is 1. The van der Waals surface area contributed by atoms with E-state index < -0.39 is 17.2 Å². The van der Waals surface area contributed by atoms with Crippen LogP contribution in [0.2, 0.25) is 0 Å². The molecule has 0 saturated carbocycles. The van der Waals surface area contributed by atoms with Gasteiger partial charge in [0.1, 0.15) is 5.65 Å². The second kappa shape index (κ2) is 7.68. The van der Waals surface area contributed by atoms with Gasteiger partial charge in [-0.1, -0.05) is 12.1 Å². The topological polar surface area (TPSA) is 110 Å². The van der Waals surface area contributed by atoms with E-state index in [4.69, 9.17) is 0 Å². The third kappa shape index (κ3) is 3.55. The Labute approximate surface area is 175 Å². The van der Waals surface area contributed by atoms with E-state index in [-0.39, 0.29) is 16.6 Å². The van der Waals surface area contributed by atoms with Crippen molar-refractivity contribution in [2.24, 2.45) is 0 Å². The van der Waals surface area contributed by atoms with Gasteiger partial charge in [-0.3, -0.25) is 24.5 Å². The Morgan fingerprint density at radius 1 is 1.20 bits per heavy atom. The third-order valence-corrected chi connectivity index (χ3v) is 5.70. The average Bonchev–Trinajstić information content (AvgIpc) is 3.18. The number of carbonyl (C=O) groups is 1. The number of benzene rings is 1. The zero-order valence-corrected chi connectivity index (χ0v) is 17.5. The molecular weight excluding hydrogens is 402 g/mol. The number of nitrogens with one attached hydrogen (secondary N) is 2. The molecule has 0 aliphatic rings. The summed E-state index contributed by atoms with van der Waals surface area (Å²) in [5, 5.41) is 5.25. The summed E-state index contributed by atoms with van der Waals surface area (Å²) < 4.78 is 1.34. The first-order valence-corrected chi connectivity index (χ1v) is 10.2. The molecule has 1 amide bonds. The van der Waals surface area contributed by atoms with Gasteiger partial charge in [-0.05, 0) is 44.0 Å². The zero-order chi connectivity index (χ0) is 21.4. The van der Waals surface area contributed by atoms with Crippen LogP contribution in [0.3, 0.4) is 0 Å². The molecule has 1 aromatic carbocycles. The van der Waals surface area contributed by atoms with Crippen molar-refractivity contribution < 1.29 is 4.79 Å². The van der Waals surface area contributed by atoms with Crippen LogP contribution in [0.1, 0.15) is 28.4 Å². The highest BCUT2D eigenvalue weighted by atomic mass is 32.1. The van der Waals surface area contributed by atoms with E-state index in [1.165, 1.54) is 39.3 Å². The largest absolute Gasteiger partial charge is 0.329 e. The molecule has 4 aromatic rings. The van der Waals surface area contributed by atoms with Crippen LogP contribution in [0, 0.1) is 13.8 Å². The summed E-state index contributed by atoms with van der Waals surface area (Å²) in [6.45, 7) is 6.22. The first-order valence-electron chi connectivity index (χ1n) is 9.34. The van der Waals surface area contributed by atoms with Gasteiger partial charge in [0.25, 0.3) is 11.5 Å². The van der Waals surface area contributed by atoms with E-state index >= 15 is 0 Å². The Hall–Kier alpha value is -3.59. The van der Waals surface area contributed by atoms with Gasteiger partial charge in [0.05, 0.1) is 16.6 Å². The molecule has 152 valence electrons. The average molecular weight is 421 g/mol.